The Morgan fingerprint density at radius 1 is 1.04 bits per heavy atom. The van der Waals surface area contributed by atoms with Gasteiger partial charge in [-0.25, -0.2) is 4.98 Å². The maximum absolute atomic E-state index is 12.4. The average molecular weight is 364 g/mol. The molecular formula is C21H24N4O2. The van der Waals surface area contributed by atoms with Gasteiger partial charge in [0.25, 0.3) is 5.56 Å². The highest BCUT2D eigenvalue weighted by atomic mass is 16.5. The number of para-hydroxylation sites is 3. The molecule has 1 aliphatic heterocycles. The number of anilines is 1. The molecule has 1 aliphatic rings. The molecule has 27 heavy (non-hydrogen) atoms. The number of methoxy groups -OCH3 is 1. The first-order chi connectivity index (χ1) is 13.2. The molecule has 0 bridgehead atoms. The van der Waals surface area contributed by atoms with Crippen LogP contribution in [0.2, 0.25) is 0 Å². The Morgan fingerprint density at radius 3 is 2.52 bits per heavy atom. The normalized spacial score (nSPS) is 16.4. The highest BCUT2D eigenvalue weighted by Gasteiger charge is 2.25. The first-order valence-corrected chi connectivity index (χ1v) is 9.28. The van der Waals surface area contributed by atoms with Gasteiger partial charge in [0.2, 0.25) is 0 Å². The van der Waals surface area contributed by atoms with Crippen LogP contribution in [0.4, 0.5) is 5.69 Å². The number of benzene rings is 2. The van der Waals surface area contributed by atoms with Crippen molar-refractivity contribution in [1.82, 2.24) is 14.9 Å². The Morgan fingerprint density at radius 2 is 1.74 bits per heavy atom. The minimum atomic E-state index is -0.0740. The Balaban J connectivity index is 1.50. The lowest BCUT2D eigenvalue weighted by Crippen LogP contribution is -2.47. The molecule has 1 N–H and O–H groups in total. The highest BCUT2D eigenvalue weighted by Crippen LogP contribution is 2.29. The number of piperazine rings is 1. The molecule has 0 amide bonds. The highest BCUT2D eigenvalue weighted by molar-refractivity contribution is 5.77. The molecule has 4 rings (SSSR count). The van der Waals surface area contributed by atoms with Gasteiger partial charge in [-0.15, -0.1) is 0 Å². The molecule has 6 nitrogen and oxygen atoms in total. The minimum absolute atomic E-state index is 0.0575. The molecule has 1 fully saturated rings. The lowest BCUT2D eigenvalue weighted by atomic mass is 10.1. The molecule has 1 aromatic heterocycles. The van der Waals surface area contributed by atoms with Crippen LogP contribution in [-0.2, 0) is 0 Å². The van der Waals surface area contributed by atoms with Crippen molar-refractivity contribution < 1.29 is 4.74 Å². The van der Waals surface area contributed by atoms with Crippen LogP contribution >= 0.6 is 0 Å². The summed E-state index contributed by atoms with van der Waals surface area (Å²) >= 11 is 0. The number of rotatable bonds is 4. The zero-order valence-corrected chi connectivity index (χ0v) is 15.7. The van der Waals surface area contributed by atoms with E-state index in [0.29, 0.717) is 5.39 Å². The standard InChI is InChI=1S/C21H24N4O2/c1-15(20-22-17-8-4-3-7-16(17)21(26)23-20)24-11-13-25(14-12-24)18-9-5-6-10-19(18)27-2/h3-10,15H,11-14H2,1-2H3,(H,22,23,26)/t15-/m1/s1. The van der Waals surface area contributed by atoms with E-state index in [9.17, 15) is 4.79 Å². The Bertz CT molecular complexity index is 993. The fourth-order valence-corrected chi connectivity index (χ4v) is 3.72. The number of aromatic nitrogens is 2. The molecule has 0 aliphatic carbocycles. The molecule has 2 heterocycles. The van der Waals surface area contributed by atoms with Crippen LogP contribution in [0.3, 0.4) is 0 Å². The van der Waals surface area contributed by atoms with E-state index in [-0.39, 0.29) is 11.6 Å². The zero-order chi connectivity index (χ0) is 18.8. The number of H-pyrrole nitrogens is 1. The van der Waals surface area contributed by atoms with Gasteiger partial charge in [-0.1, -0.05) is 24.3 Å². The van der Waals surface area contributed by atoms with Crippen LogP contribution in [0, 0.1) is 0 Å². The minimum Gasteiger partial charge on any atom is -0.495 e. The van der Waals surface area contributed by atoms with Crippen LogP contribution in [0.1, 0.15) is 18.8 Å². The second-order valence-electron chi connectivity index (χ2n) is 6.84. The molecule has 0 saturated carbocycles. The summed E-state index contributed by atoms with van der Waals surface area (Å²) < 4.78 is 5.49. The topological polar surface area (TPSA) is 61.5 Å². The summed E-state index contributed by atoms with van der Waals surface area (Å²) in [6.07, 6.45) is 0. The maximum atomic E-state index is 12.4. The summed E-state index contributed by atoms with van der Waals surface area (Å²) in [5, 5.41) is 0.634. The van der Waals surface area contributed by atoms with Gasteiger partial charge in [0.15, 0.2) is 0 Å². The molecule has 0 spiro atoms. The van der Waals surface area contributed by atoms with Gasteiger partial charge < -0.3 is 14.6 Å². The third kappa shape index (κ3) is 3.40. The molecule has 0 radical (unpaired) electrons. The largest absolute Gasteiger partial charge is 0.495 e. The van der Waals surface area contributed by atoms with Crippen molar-refractivity contribution in [1.29, 1.82) is 0 Å². The van der Waals surface area contributed by atoms with Crippen LogP contribution in [0.5, 0.6) is 5.75 Å². The van der Waals surface area contributed by atoms with E-state index in [4.69, 9.17) is 4.74 Å². The summed E-state index contributed by atoms with van der Waals surface area (Å²) in [7, 11) is 1.71. The second kappa shape index (κ2) is 7.40. The van der Waals surface area contributed by atoms with E-state index in [1.165, 1.54) is 0 Å². The molecule has 3 aromatic rings. The number of nitrogens with zero attached hydrogens (tertiary/aromatic N) is 3. The van der Waals surface area contributed by atoms with E-state index >= 15 is 0 Å². The number of hydrogen-bond acceptors (Lipinski definition) is 5. The smallest absolute Gasteiger partial charge is 0.258 e. The van der Waals surface area contributed by atoms with Crippen molar-refractivity contribution in [2.75, 3.05) is 38.2 Å². The fraction of sp³-hybridized carbons (Fsp3) is 0.333. The molecule has 1 saturated heterocycles. The molecule has 140 valence electrons. The van der Waals surface area contributed by atoms with Crippen molar-refractivity contribution in [3.63, 3.8) is 0 Å². The first-order valence-electron chi connectivity index (χ1n) is 9.28. The summed E-state index contributed by atoms with van der Waals surface area (Å²) in [5.41, 5.74) is 1.80. The SMILES string of the molecule is COc1ccccc1N1CCN([C@H](C)c2nc3ccccc3c(=O)[nH]2)CC1. The van der Waals surface area contributed by atoms with E-state index in [1.807, 2.05) is 42.5 Å². The van der Waals surface area contributed by atoms with Crippen LogP contribution in [0.25, 0.3) is 10.9 Å². The Kier molecular flexibility index (Phi) is 4.81. The monoisotopic (exact) mass is 364 g/mol. The molecule has 6 heteroatoms. The van der Waals surface area contributed by atoms with Crippen molar-refractivity contribution in [3.05, 3.63) is 64.7 Å². The number of nitrogens with one attached hydrogen (secondary N) is 1. The van der Waals surface area contributed by atoms with E-state index in [2.05, 4.69) is 32.8 Å². The van der Waals surface area contributed by atoms with E-state index < -0.39 is 0 Å². The van der Waals surface area contributed by atoms with Gasteiger partial charge in [0.05, 0.1) is 29.7 Å². The predicted molar refractivity (Wildman–Crippen MR) is 108 cm³/mol. The quantitative estimate of drug-likeness (QED) is 0.771. The van der Waals surface area contributed by atoms with Gasteiger partial charge in [0.1, 0.15) is 11.6 Å². The number of ether oxygens (including phenoxy) is 1. The Labute approximate surface area is 158 Å². The molecule has 2 aromatic carbocycles. The third-order valence-corrected chi connectivity index (χ3v) is 5.31. The van der Waals surface area contributed by atoms with Gasteiger partial charge in [-0.05, 0) is 31.2 Å². The molecule has 1 atom stereocenters. The van der Waals surface area contributed by atoms with E-state index in [1.54, 1.807) is 7.11 Å². The van der Waals surface area contributed by atoms with Gasteiger partial charge in [-0.2, -0.15) is 0 Å². The maximum Gasteiger partial charge on any atom is 0.258 e. The summed E-state index contributed by atoms with van der Waals surface area (Å²) in [6, 6.07) is 15.6. The van der Waals surface area contributed by atoms with Gasteiger partial charge in [0, 0.05) is 26.2 Å². The summed E-state index contributed by atoms with van der Waals surface area (Å²) in [6.45, 7) is 5.71. The fourth-order valence-electron chi connectivity index (χ4n) is 3.72. The van der Waals surface area contributed by atoms with Crippen molar-refractivity contribution in [2.45, 2.75) is 13.0 Å². The van der Waals surface area contributed by atoms with Crippen molar-refractivity contribution in [3.8, 4) is 5.75 Å². The number of hydrogen-bond donors (Lipinski definition) is 1. The number of fused-ring (bicyclic) bond motifs is 1. The van der Waals surface area contributed by atoms with Crippen molar-refractivity contribution in [2.24, 2.45) is 0 Å². The predicted octanol–water partition coefficient (Wildman–Crippen LogP) is 2.81. The molecule has 0 unspecified atom stereocenters. The number of aromatic amines is 1. The second-order valence-corrected chi connectivity index (χ2v) is 6.84. The lowest BCUT2D eigenvalue weighted by molar-refractivity contribution is 0.191. The van der Waals surface area contributed by atoms with Crippen LogP contribution in [-0.4, -0.2) is 48.2 Å². The van der Waals surface area contributed by atoms with Gasteiger partial charge in [-0.3, -0.25) is 9.69 Å². The Hall–Kier alpha value is -2.86. The van der Waals surface area contributed by atoms with Crippen LogP contribution in [0.15, 0.2) is 53.3 Å². The third-order valence-electron chi connectivity index (χ3n) is 5.31. The summed E-state index contributed by atoms with van der Waals surface area (Å²) in [5.74, 6) is 1.63. The van der Waals surface area contributed by atoms with Crippen molar-refractivity contribution >= 4 is 16.6 Å². The summed E-state index contributed by atoms with van der Waals surface area (Å²) in [4.78, 5) is 24.7. The zero-order valence-electron chi connectivity index (χ0n) is 15.7. The molecular weight excluding hydrogens is 340 g/mol. The average Bonchev–Trinajstić information content (AvgIpc) is 2.73. The van der Waals surface area contributed by atoms with E-state index in [0.717, 1.165) is 49.0 Å². The van der Waals surface area contributed by atoms with Gasteiger partial charge >= 0.3 is 0 Å². The first kappa shape index (κ1) is 17.5. The lowest BCUT2D eigenvalue weighted by Gasteiger charge is -2.39. The van der Waals surface area contributed by atoms with Crippen LogP contribution < -0.4 is 15.2 Å².